The van der Waals surface area contributed by atoms with E-state index in [1.165, 1.54) is 75.8 Å². The number of para-hydroxylation sites is 1. The second-order valence-corrected chi connectivity index (χ2v) is 15.4. The van der Waals surface area contributed by atoms with Gasteiger partial charge in [-0.15, -0.1) is 11.3 Å². The Morgan fingerprint density at radius 3 is 2.34 bits per heavy atom. The van der Waals surface area contributed by atoms with Gasteiger partial charge < -0.3 is 9.88 Å². The van der Waals surface area contributed by atoms with Crippen molar-refractivity contribution >= 4 is 59.7 Å². The molecule has 0 radical (unpaired) electrons. The molecule has 1 aliphatic carbocycles. The van der Waals surface area contributed by atoms with Crippen LogP contribution in [0.1, 0.15) is 29.3 Å². The monoisotopic (exact) mass is 698 g/mol. The quantitative estimate of drug-likeness (QED) is 0.194. The maximum absolute atomic E-state index is 4.57. The minimum atomic E-state index is 0.514. The van der Waals surface area contributed by atoms with Crippen molar-refractivity contribution in [3.05, 3.63) is 192 Å². The van der Waals surface area contributed by atoms with Crippen molar-refractivity contribution < 1.29 is 0 Å². The number of allylic oxidation sites excluding steroid dienone is 5. The van der Waals surface area contributed by atoms with Gasteiger partial charge in [0, 0.05) is 59.5 Å². The molecule has 53 heavy (non-hydrogen) atoms. The van der Waals surface area contributed by atoms with Crippen molar-refractivity contribution in [3.8, 4) is 27.9 Å². The van der Waals surface area contributed by atoms with Gasteiger partial charge in [0.2, 0.25) is 0 Å². The minimum Gasteiger partial charge on any atom is -0.355 e. The molecule has 254 valence electrons. The molecule has 0 amide bonds. The average molecular weight is 699 g/mol. The standard InChI is InChI=1S/C50H38N2S/c1-32-24-26-43-42-18-5-7-21-46(42)52(47(43)28-32)39-25-27-45-38(31-39)12-3-4-17-40(33(2)51-45)36-15-9-13-34(29-36)35-14-10-16-37(30-35)41-20-11-23-49-50(41)44-19-6-8-22-48(44)53-49/h3-11,13-27,29-32,51H,2,12,28H2,1H3/b4-3-,40-17+. The Labute approximate surface area is 314 Å². The van der Waals surface area contributed by atoms with E-state index in [9.17, 15) is 0 Å². The Bertz CT molecular complexity index is 2860. The molecule has 2 aliphatic rings. The third-order valence-corrected chi connectivity index (χ3v) is 12.0. The van der Waals surface area contributed by atoms with E-state index in [4.69, 9.17) is 0 Å². The molecular formula is C50H38N2S. The summed E-state index contributed by atoms with van der Waals surface area (Å²) in [7, 11) is 0. The van der Waals surface area contributed by atoms with E-state index in [2.05, 4.69) is 187 Å². The first-order chi connectivity index (χ1) is 26.1. The van der Waals surface area contributed by atoms with Crippen molar-refractivity contribution in [2.75, 3.05) is 5.32 Å². The molecule has 1 atom stereocenters. The fourth-order valence-electron chi connectivity index (χ4n) is 8.35. The highest BCUT2D eigenvalue weighted by Gasteiger charge is 2.22. The van der Waals surface area contributed by atoms with E-state index in [0.29, 0.717) is 5.92 Å². The van der Waals surface area contributed by atoms with E-state index < -0.39 is 0 Å². The van der Waals surface area contributed by atoms with Gasteiger partial charge in [-0.2, -0.15) is 0 Å². The van der Waals surface area contributed by atoms with Crippen LogP contribution >= 0.6 is 11.3 Å². The highest BCUT2D eigenvalue weighted by Crippen LogP contribution is 2.41. The molecule has 0 spiro atoms. The SMILES string of the molecule is C=C1Nc2ccc(-n3c4c(c5ccccc53)C=CC(C)C4)cc2C/C=C\C=C/1c1cccc(-c2cccc(-c3cccc4sc5ccccc5c34)c2)c1. The van der Waals surface area contributed by atoms with Gasteiger partial charge in [0.05, 0.1) is 5.52 Å². The second kappa shape index (κ2) is 12.8. The number of aromatic nitrogens is 1. The molecule has 8 aromatic rings. The lowest BCUT2D eigenvalue weighted by atomic mass is 9.94. The van der Waals surface area contributed by atoms with Gasteiger partial charge in [-0.3, -0.25) is 0 Å². The summed E-state index contributed by atoms with van der Waals surface area (Å²) in [5, 5.41) is 7.70. The lowest BCUT2D eigenvalue weighted by Gasteiger charge is -2.20. The number of nitrogens with one attached hydrogen (secondary N) is 1. The molecule has 1 N–H and O–H groups in total. The van der Waals surface area contributed by atoms with Gasteiger partial charge in [0.25, 0.3) is 0 Å². The predicted octanol–water partition coefficient (Wildman–Crippen LogP) is 13.7. The average Bonchev–Trinajstić information content (AvgIpc) is 3.75. The Morgan fingerprint density at radius 2 is 1.45 bits per heavy atom. The van der Waals surface area contributed by atoms with Crippen molar-refractivity contribution in [2.45, 2.75) is 19.8 Å². The van der Waals surface area contributed by atoms with E-state index in [1.807, 2.05) is 11.3 Å². The normalized spacial score (nSPS) is 17.0. The van der Waals surface area contributed by atoms with E-state index in [1.54, 1.807) is 0 Å². The molecule has 2 aromatic heterocycles. The second-order valence-electron chi connectivity index (χ2n) is 14.3. The summed E-state index contributed by atoms with van der Waals surface area (Å²) in [5.41, 5.74) is 15.5. The summed E-state index contributed by atoms with van der Waals surface area (Å²) in [6.45, 7) is 6.88. The summed E-state index contributed by atoms with van der Waals surface area (Å²) in [6.07, 6.45) is 13.2. The van der Waals surface area contributed by atoms with Crippen LogP contribution in [0.5, 0.6) is 0 Å². The van der Waals surface area contributed by atoms with Crippen LogP contribution in [0.25, 0.3) is 70.7 Å². The largest absolute Gasteiger partial charge is 0.355 e. The summed E-state index contributed by atoms with van der Waals surface area (Å²) in [5.74, 6) is 0.514. The summed E-state index contributed by atoms with van der Waals surface area (Å²) in [4.78, 5) is 0. The highest BCUT2D eigenvalue weighted by molar-refractivity contribution is 7.25. The molecule has 0 saturated carbocycles. The first kappa shape index (κ1) is 31.6. The fourth-order valence-corrected chi connectivity index (χ4v) is 9.48. The van der Waals surface area contributed by atoms with Crippen molar-refractivity contribution in [1.29, 1.82) is 0 Å². The zero-order valence-electron chi connectivity index (χ0n) is 29.6. The van der Waals surface area contributed by atoms with Gasteiger partial charge in [-0.1, -0.05) is 129 Å². The topological polar surface area (TPSA) is 17.0 Å². The molecule has 3 heteroatoms. The first-order valence-corrected chi connectivity index (χ1v) is 19.3. The molecular weight excluding hydrogens is 661 g/mol. The number of thiophene rings is 1. The molecule has 0 fully saturated rings. The van der Waals surface area contributed by atoms with Gasteiger partial charge in [0.1, 0.15) is 0 Å². The number of nitrogens with zero attached hydrogens (tertiary/aromatic N) is 1. The van der Waals surface area contributed by atoms with Gasteiger partial charge in [-0.25, -0.2) is 0 Å². The lowest BCUT2D eigenvalue weighted by Crippen LogP contribution is -2.09. The Morgan fingerprint density at radius 1 is 0.717 bits per heavy atom. The highest BCUT2D eigenvalue weighted by atomic mass is 32.1. The molecule has 1 unspecified atom stereocenters. The third kappa shape index (κ3) is 5.48. The molecule has 0 saturated heterocycles. The van der Waals surface area contributed by atoms with E-state index in [0.717, 1.165) is 35.4 Å². The molecule has 10 rings (SSSR count). The summed E-state index contributed by atoms with van der Waals surface area (Å²) >= 11 is 1.87. The summed E-state index contributed by atoms with van der Waals surface area (Å²) in [6, 6.07) is 48.9. The Kier molecular flexibility index (Phi) is 7.63. The Balaban J connectivity index is 0.972. The third-order valence-electron chi connectivity index (χ3n) is 10.9. The van der Waals surface area contributed by atoms with E-state index >= 15 is 0 Å². The van der Waals surface area contributed by atoms with Gasteiger partial charge in [-0.05, 0) is 101 Å². The van der Waals surface area contributed by atoms with Crippen LogP contribution < -0.4 is 5.32 Å². The van der Waals surface area contributed by atoms with Crippen LogP contribution in [0.2, 0.25) is 0 Å². The lowest BCUT2D eigenvalue weighted by molar-refractivity contribution is 0.690. The Hall–Kier alpha value is -6.16. The van der Waals surface area contributed by atoms with Crippen molar-refractivity contribution in [3.63, 3.8) is 0 Å². The summed E-state index contributed by atoms with van der Waals surface area (Å²) < 4.78 is 5.13. The number of hydrogen-bond donors (Lipinski definition) is 1. The zero-order chi connectivity index (χ0) is 35.5. The predicted molar refractivity (Wildman–Crippen MR) is 229 cm³/mol. The van der Waals surface area contributed by atoms with Crippen LogP contribution in [0.4, 0.5) is 5.69 Å². The fraction of sp³-hybridized carbons (Fsp3) is 0.0800. The van der Waals surface area contributed by atoms with Gasteiger partial charge in [0.15, 0.2) is 0 Å². The maximum Gasteiger partial charge on any atom is 0.0537 e. The molecule has 6 aromatic carbocycles. The first-order valence-electron chi connectivity index (χ1n) is 18.5. The van der Waals surface area contributed by atoms with Crippen LogP contribution in [-0.2, 0) is 12.8 Å². The van der Waals surface area contributed by atoms with Gasteiger partial charge >= 0.3 is 0 Å². The molecule has 2 nitrogen and oxygen atoms in total. The molecule has 3 heterocycles. The number of fused-ring (bicyclic) bond motifs is 7. The number of rotatable bonds is 4. The van der Waals surface area contributed by atoms with E-state index in [-0.39, 0.29) is 0 Å². The zero-order valence-corrected chi connectivity index (χ0v) is 30.5. The minimum absolute atomic E-state index is 0.514. The van der Waals surface area contributed by atoms with Crippen LogP contribution in [0, 0.1) is 5.92 Å². The van der Waals surface area contributed by atoms with Crippen molar-refractivity contribution in [1.82, 2.24) is 4.57 Å². The van der Waals surface area contributed by atoms with Crippen LogP contribution in [0.15, 0.2) is 170 Å². The number of hydrogen-bond acceptors (Lipinski definition) is 2. The number of benzene rings is 6. The van der Waals surface area contributed by atoms with Crippen molar-refractivity contribution in [2.24, 2.45) is 5.92 Å². The van der Waals surface area contributed by atoms with Crippen LogP contribution in [0.3, 0.4) is 0 Å². The molecule has 0 bridgehead atoms. The smallest absolute Gasteiger partial charge is 0.0537 e. The molecule has 1 aliphatic heterocycles. The maximum atomic E-state index is 4.57. The van der Waals surface area contributed by atoms with Crippen LogP contribution in [-0.4, -0.2) is 4.57 Å². The number of anilines is 1.